The highest BCUT2D eigenvalue weighted by Crippen LogP contribution is 2.40. The van der Waals surface area contributed by atoms with Gasteiger partial charge >= 0.3 is 11.9 Å². The van der Waals surface area contributed by atoms with Crippen LogP contribution < -0.4 is 11.1 Å². The van der Waals surface area contributed by atoms with E-state index in [2.05, 4.69) is 15.5 Å². The van der Waals surface area contributed by atoms with E-state index in [0.29, 0.717) is 0 Å². The van der Waals surface area contributed by atoms with E-state index < -0.39 is 40.9 Å². The van der Waals surface area contributed by atoms with Gasteiger partial charge in [-0.2, -0.15) is 0 Å². The largest absolute Gasteiger partial charge is 0.477 e. The highest BCUT2D eigenvalue weighted by atomic mass is 32.2. The summed E-state index contributed by atoms with van der Waals surface area (Å²) in [5.41, 5.74) is 5.13. The highest BCUT2D eigenvalue weighted by Gasteiger charge is 2.54. The van der Waals surface area contributed by atoms with E-state index in [9.17, 15) is 24.3 Å². The number of nitrogens with zero attached hydrogens (tertiary/aromatic N) is 3. The molecule has 0 aromatic carbocycles. The first-order chi connectivity index (χ1) is 13.7. The Bertz CT molecular complexity index is 957. The second-order valence-electron chi connectivity index (χ2n) is 5.92. The summed E-state index contributed by atoms with van der Waals surface area (Å²) in [6.45, 7) is 0.945. The molecule has 12 nitrogen and oxygen atoms in total. The van der Waals surface area contributed by atoms with Gasteiger partial charge in [-0.05, 0) is 0 Å². The van der Waals surface area contributed by atoms with Gasteiger partial charge in [-0.3, -0.25) is 19.3 Å². The van der Waals surface area contributed by atoms with Gasteiger partial charge in [-0.25, -0.2) is 9.78 Å². The van der Waals surface area contributed by atoms with Crippen LogP contribution in [0.25, 0.3) is 0 Å². The van der Waals surface area contributed by atoms with Crippen LogP contribution in [-0.4, -0.2) is 73.4 Å². The summed E-state index contributed by atoms with van der Waals surface area (Å²) in [5, 5.41) is 24.9. The third-order valence-electron chi connectivity index (χ3n) is 4.07. The number of ether oxygens (including phenoxy) is 1. The molecule has 0 unspecified atom stereocenters. The Labute approximate surface area is 171 Å². The Kier molecular flexibility index (Phi) is 5.74. The first-order valence-electron chi connectivity index (χ1n) is 8.02. The predicted octanol–water partition coefficient (Wildman–Crippen LogP) is -0.795. The molecule has 0 aliphatic carbocycles. The van der Waals surface area contributed by atoms with Gasteiger partial charge in [0, 0.05) is 23.6 Å². The zero-order valence-electron chi connectivity index (χ0n) is 14.8. The first kappa shape index (κ1) is 20.6. The molecule has 1 aromatic heterocycles. The minimum atomic E-state index is -1.34. The number of aromatic nitrogens is 1. The Balaban J connectivity index is 1.76. The average Bonchev–Trinajstić information content (AvgIpc) is 3.09. The molecule has 0 spiro atoms. The van der Waals surface area contributed by atoms with Gasteiger partial charge in [0.2, 0.25) is 0 Å². The van der Waals surface area contributed by atoms with Crippen LogP contribution in [0.4, 0.5) is 5.13 Å². The lowest BCUT2D eigenvalue weighted by Gasteiger charge is -2.49. The number of oxime groups is 1. The Morgan fingerprint density at radius 1 is 1.48 bits per heavy atom. The number of amides is 2. The normalized spacial score (nSPS) is 21.3. The zero-order valence-corrected chi connectivity index (χ0v) is 16.5. The maximum absolute atomic E-state index is 12.5. The zero-order chi connectivity index (χ0) is 21.3. The van der Waals surface area contributed by atoms with Crippen LogP contribution in [0.1, 0.15) is 12.6 Å². The van der Waals surface area contributed by atoms with Crippen molar-refractivity contribution in [1.29, 1.82) is 0 Å². The van der Waals surface area contributed by atoms with Crippen molar-refractivity contribution in [3.05, 3.63) is 22.3 Å². The summed E-state index contributed by atoms with van der Waals surface area (Å²) in [7, 11) is 0. The summed E-state index contributed by atoms with van der Waals surface area (Å²) in [5.74, 6) is -3.23. The molecule has 29 heavy (non-hydrogen) atoms. The molecule has 1 fully saturated rings. The van der Waals surface area contributed by atoms with Gasteiger partial charge in [0.25, 0.3) is 11.8 Å². The van der Waals surface area contributed by atoms with E-state index in [1.807, 2.05) is 0 Å². The SMILES string of the molecule is CC(=O)OCC1=C(C(=O)O)N2C(=O)[C@@H](NC(=O)/C(=N\O)c3csc(N)n3)[C@H]2SC1. The molecule has 3 heterocycles. The van der Waals surface area contributed by atoms with Crippen LogP contribution in [0.15, 0.2) is 21.8 Å². The molecule has 2 aliphatic rings. The standard InChI is InChI=1S/C15H15N5O7S2/c1-5(21)27-2-6-3-28-13-9(12(23)20(13)10(6)14(24)25)18-11(22)8(19-26)7-4-29-15(16)17-7/h4,9,13,26H,2-3H2,1H3,(H2,16,17)(H,18,22)(H,24,25)/b19-8-/t9-,13-/m1/s1. The van der Waals surface area contributed by atoms with Crippen LogP contribution in [0.3, 0.4) is 0 Å². The van der Waals surface area contributed by atoms with Crippen molar-refractivity contribution in [3.8, 4) is 0 Å². The molecule has 3 rings (SSSR count). The topological polar surface area (TPSA) is 185 Å². The van der Waals surface area contributed by atoms with Crippen molar-refractivity contribution in [3.63, 3.8) is 0 Å². The number of thioether (sulfide) groups is 1. The van der Waals surface area contributed by atoms with Gasteiger partial charge in [0.15, 0.2) is 10.8 Å². The number of carbonyl (C=O) groups is 4. The first-order valence-corrected chi connectivity index (χ1v) is 9.95. The molecule has 2 atom stereocenters. The summed E-state index contributed by atoms with van der Waals surface area (Å²) in [6.07, 6.45) is 0. The van der Waals surface area contributed by atoms with Crippen LogP contribution in [0.5, 0.6) is 0 Å². The molecule has 0 saturated carbocycles. The molecule has 5 N–H and O–H groups in total. The monoisotopic (exact) mass is 441 g/mol. The third-order valence-corrected chi connectivity index (χ3v) is 6.08. The fourth-order valence-corrected chi connectivity index (χ4v) is 4.68. The predicted molar refractivity (Wildman–Crippen MR) is 101 cm³/mol. The van der Waals surface area contributed by atoms with Gasteiger partial charge in [-0.15, -0.1) is 23.1 Å². The molecular weight excluding hydrogens is 426 g/mol. The lowest BCUT2D eigenvalue weighted by Crippen LogP contribution is -2.71. The molecule has 2 amide bonds. The number of nitrogens with two attached hydrogens (primary N) is 1. The lowest BCUT2D eigenvalue weighted by molar-refractivity contribution is -0.150. The number of carboxylic acid groups (broad SMARTS) is 1. The number of esters is 1. The van der Waals surface area contributed by atoms with Crippen molar-refractivity contribution < 1.29 is 34.2 Å². The number of rotatable bonds is 6. The fraction of sp³-hybridized carbons (Fsp3) is 0.333. The number of carboxylic acids is 1. The number of anilines is 1. The minimum Gasteiger partial charge on any atom is -0.477 e. The lowest BCUT2D eigenvalue weighted by atomic mass is 10.0. The average molecular weight is 441 g/mol. The second-order valence-corrected chi connectivity index (χ2v) is 7.91. The number of hydrogen-bond donors (Lipinski definition) is 4. The molecule has 154 valence electrons. The van der Waals surface area contributed by atoms with Crippen molar-refractivity contribution in [2.24, 2.45) is 5.16 Å². The van der Waals surface area contributed by atoms with E-state index in [4.69, 9.17) is 15.7 Å². The summed E-state index contributed by atoms with van der Waals surface area (Å²) < 4.78 is 4.85. The number of fused-ring (bicyclic) bond motifs is 1. The Morgan fingerprint density at radius 2 is 2.21 bits per heavy atom. The molecular formula is C15H15N5O7S2. The number of nitrogen functional groups attached to an aromatic ring is 1. The summed E-state index contributed by atoms with van der Waals surface area (Å²) in [6, 6.07) is -1.02. The number of nitrogens with one attached hydrogen (secondary N) is 1. The second kappa shape index (κ2) is 8.08. The van der Waals surface area contributed by atoms with E-state index in [-0.39, 0.29) is 34.5 Å². The van der Waals surface area contributed by atoms with Gasteiger partial charge in [-0.1, -0.05) is 5.16 Å². The fourth-order valence-electron chi connectivity index (χ4n) is 2.80. The smallest absolute Gasteiger partial charge is 0.352 e. The van der Waals surface area contributed by atoms with Crippen molar-refractivity contribution in [2.75, 3.05) is 18.1 Å². The number of thiazole rings is 1. The molecule has 2 aliphatic heterocycles. The maximum atomic E-state index is 12.5. The molecule has 14 heteroatoms. The van der Waals surface area contributed by atoms with Crippen LogP contribution >= 0.6 is 23.1 Å². The number of β-lactam (4-membered cyclic amide) rings is 1. The van der Waals surface area contributed by atoms with Crippen LogP contribution in [-0.2, 0) is 23.9 Å². The Hall–Kier alpha value is -3.13. The van der Waals surface area contributed by atoms with Crippen LogP contribution in [0.2, 0.25) is 0 Å². The quantitative estimate of drug-likeness (QED) is 0.143. The molecule has 0 bridgehead atoms. The van der Waals surface area contributed by atoms with Crippen LogP contribution in [0, 0.1) is 0 Å². The number of carbonyl (C=O) groups excluding carboxylic acids is 3. The number of hydrogen-bond acceptors (Lipinski definition) is 11. The number of aliphatic carboxylic acids is 1. The summed E-state index contributed by atoms with van der Waals surface area (Å²) >= 11 is 2.25. The Morgan fingerprint density at radius 3 is 2.76 bits per heavy atom. The van der Waals surface area contributed by atoms with Crippen molar-refractivity contribution >= 4 is 57.7 Å². The van der Waals surface area contributed by atoms with Crippen molar-refractivity contribution in [1.82, 2.24) is 15.2 Å². The third kappa shape index (κ3) is 3.88. The highest BCUT2D eigenvalue weighted by molar-refractivity contribution is 8.00. The van der Waals surface area contributed by atoms with Gasteiger partial charge in [0.1, 0.15) is 29.4 Å². The van der Waals surface area contributed by atoms with Gasteiger partial charge < -0.3 is 26.1 Å². The van der Waals surface area contributed by atoms with E-state index in [1.54, 1.807) is 0 Å². The molecule has 0 radical (unpaired) electrons. The molecule has 1 aromatic rings. The van der Waals surface area contributed by atoms with E-state index in [1.165, 1.54) is 24.1 Å². The maximum Gasteiger partial charge on any atom is 0.352 e. The van der Waals surface area contributed by atoms with E-state index >= 15 is 0 Å². The molecule has 1 saturated heterocycles. The van der Waals surface area contributed by atoms with E-state index in [0.717, 1.165) is 16.2 Å². The van der Waals surface area contributed by atoms with Gasteiger partial charge in [0.05, 0.1) is 0 Å². The summed E-state index contributed by atoms with van der Waals surface area (Å²) in [4.78, 5) is 52.5. The van der Waals surface area contributed by atoms with Crippen molar-refractivity contribution in [2.45, 2.75) is 18.3 Å². The minimum absolute atomic E-state index is 0.0437.